The molecule has 31 heavy (non-hydrogen) atoms. The number of anilines is 2. The minimum atomic E-state index is -0.281. The van der Waals surface area contributed by atoms with E-state index in [0.717, 1.165) is 37.9 Å². The van der Waals surface area contributed by atoms with E-state index >= 15 is 0 Å². The van der Waals surface area contributed by atoms with Gasteiger partial charge in [0.25, 0.3) is 5.91 Å². The summed E-state index contributed by atoms with van der Waals surface area (Å²) >= 11 is 7.68. The molecule has 0 saturated carbocycles. The van der Waals surface area contributed by atoms with Crippen molar-refractivity contribution in [2.45, 2.75) is 26.8 Å². The molecule has 0 aliphatic rings. The Hall–Kier alpha value is -3.09. The van der Waals surface area contributed by atoms with Gasteiger partial charge in [-0.2, -0.15) is 0 Å². The number of furan rings is 1. The molecule has 5 nitrogen and oxygen atoms in total. The van der Waals surface area contributed by atoms with Crippen molar-refractivity contribution in [3.63, 3.8) is 0 Å². The third-order valence-electron chi connectivity index (χ3n) is 5.10. The van der Waals surface area contributed by atoms with Gasteiger partial charge in [-0.3, -0.25) is 4.79 Å². The van der Waals surface area contributed by atoms with E-state index in [2.05, 4.69) is 29.5 Å². The van der Waals surface area contributed by atoms with Crippen LogP contribution >= 0.6 is 22.9 Å². The summed E-state index contributed by atoms with van der Waals surface area (Å²) in [5.41, 5.74) is 4.23. The molecule has 2 N–H and O–H groups in total. The molecule has 0 radical (unpaired) electrons. The van der Waals surface area contributed by atoms with E-state index in [1.807, 2.05) is 43.3 Å². The zero-order valence-corrected chi connectivity index (χ0v) is 19.0. The van der Waals surface area contributed by atoms with Gasteiger partial charge in [0.05, 0.1) is 12.3 Å². The van der Waals surface area contributed by atoms with Crippen molar-refractivity contribution in [3.8, 4) is 0 Å². The van der Waals surface area contributed by atoms with Gasteiger partial charge in [-0.25, -0.2) is 4.98 Å². The summed E-state index contributed by atoms with van der Waals surface area (Å²) in [6, 6.07) is 14.8. The lowest BCUT2D eigenvalue weighted by atomic mass is 9.96. The van der Waals surface area contributed by atoms with Crippen LogP contribution in [-0.4, -0.2) is 10.9 Å². The highest BCUT2D eigenvalue weighted by atomic mass is 35.5. The quantitative estimate of drug-likeness (QED) is 0.339. The molecule has 3 heterocycles. The van der Waals surface area contributed by atoms with Gasteiger partial charge in [-0.1, -0.05) is 23.7 Å². The predicted molar refractivity (Wildman–Crippen MR) is 126 cm³/mol. The molecule has 1 amide bonds. The predicted octanol–water partition coefficient (Wildman–Crippen LogP) is 6.77. The summed E-state index contributed by atoms with van der Waals surface area (Å²) in [5, 5.41) is 8.03. The number of benzene rings is 1. The zero-order valence-electron chi connectivity index (χ0n) is 17.4. The Morgan fingerprint density at radius 3 is 2.58 bits per heavy atom. The smallest absolute Gasteiger partial charge is 0.291 e. The first-order valence-corrected chi connectivity index (χ1v) is 11.0. The molecule has 0 aliphatic carbocycles. The first kappa shape index (κ1) is 21.2. The molecule has 0 saturated heterocycles. The van der Waals surface area contributed by atoms with Crippen LogP contribution in [0.15, 0.2) is 65.4 Å². The number of aryl methyl sites for hydroxylation is 2. The number of nitrogens with one attached hydrogen (secondary N) is 2. The van der Waals surface area contributed by atoms with E-state index in [0.29, 0.717) is 5.02 Å². The molecule has 0 bridgehead atoms. The van der Waals surface area contributed by atoms with Crippen LogP contribution in [0.25, 0.3) is 0 Å². The highest BCUT2D eigenvalue weighted by molar-refractivity contribution is 7.16. The van der Waals surface area contributed by atoms with Crippen molar-refractivity contribution in [1.29, 1.82) is 0 Å². The Morgan fingerprint density at radius 2 is 1.90 bits per heavy atom. The number of amides is 1. The van der Waals surface area contributed by atoms with Gasteiger partial charge in [-0.05, 0) is 73.9 Å². The second kappa shape index (κ2) is 8.96. The molecule has 3 aromatic heterocycles. The number of carbonyl (C=O) groups excluding carboxylic acids is 1. The van der Waals surface area contributed by atoms with E-state index in [1.54, 1.807) is 29.7 Å². The Bertz CT molecular complexity index is 1200. The minimum absolute atomic E-state index is 0.233. The lowest BCUT2D eigenvalue weighted by molar-refractivity contribution is 0.0997. The van der Waals surface area contributed by atoms with Gasteiger partial charge in [0, 0.05) is 21.7 Å². The average molecular weight is 452 g/mol. The van der Waals surface area contributed by atoms with Gasteiger partial charge in [0.2, 0.25) is 0 Å². The summed E-state index contributed by atoms with van der Waals surface area (Å²) in [6.45, 7) is 6.15. The Kier molecular flexibility index (Phi) is 6.11. The van der Waals surface area contributed by atoms with Crippen molar-refractivity contribution in [2.75, 3.05) is 10.6 Å². The lowest BCUT2D eigenvalue weighted by Gasteiger charge is -2.22. The number of nitrogens with zero attached hydrogens (tertiary/aromatic N) is 1. The molecule has 1 atom stereocenters. The zero-order chi connectivity index (χ0) is 22.0. The number of hydrogen-bond acceptors (Lipinski definition) is 5. The van der Waals surface area contributed by atoms with Gasteiger partial charge in [0.15, 0.2) is 5.76 Å². The number of hydrogen-bond donors (Lipinski definition) is 2. The number of rotatable bonds is 6. The fourth-order valence-electron chi connectivity index (χ4n) is 3.40. The SMILES string of the molecule is Cc1ccnc(N[C@@H](c2ccc(Cl)cc2)c2c(NC(=O)c3ccco3)sc(C)c2C)c1. The molecule has 158 valence electrons. The van der Waals surface area contributed by atoms with E-state index < -0.39 is 0 Å². The summed E-state index contributed by atoms with van der Waals surface area (Å²) in [5.74, 6) is 0.744. The van der Waals surface area contributed by atoms with Crippen LogP contribution in [0.3, 0.4) is 0 Å². The van der Waals surface area contributed by atoms with E-state index in [-0.39, 0.29) is 17.7 Å². The normalized spacial score (nSPS) is 11.9. The number of pyridine rings is 1. The van der Waals surface area contributed by atoms with Crippen LogP contribution in [0, 0.1) is 20.8 Å². The molecule has 4 rings (SSSR count). The summed E-state index contributed by atoms with van der Waals surface area (Å²) < 4.78 is 5.26. The van der Waals surface area contributed by atoms with Crippen molar-refractivity contribution in [3.05, 3.63) is 98.9 Å². The number of halogens is 1. The maximum atomic E-state index is 12.7. The monoisotopic (exact) mass is 451 g/mol. The number of carbonyl (C=O) groups is 1. The van der Waals surface area contributed by atoms with Crippen molar-refractivity contribution >= 4 is 39.7 Å². The fraction of sp³-hybridized carbons (Fsp3) is 0.167. The van der Waals surface area contributed by atoms with Gasteiger partial charge in [-0.15, -0.1) is 11.3 Å². The summed E-state index contributed by atoms with van der Waals surface area (Å²) in [4.78, 5) is 18.3. The molecule has 0 fully saturated rings. The second-order valence-electron chi connectivity index (χ2n) is 7.30. The molecule has 1 aromatic carbocycles. The molecule has 0 unspecified atom stereocenters. The average Bonchev–Trinajstić information content (AvgIpc) is 3.37. The molecule has 4 aromatic rings. The summed E-state index contributed by atoms with van der Waals surface area (Å²) in [6.07, 6.45) is 3.27. The second-order valence-corrected chi connectivity index (χ2v) is 8.97. The third kappa shape index (κ3) is 4.65. The number of thiophene rings is 1. The third-order valence-corrected chi connectivity index (χ3v) is 6.49. The van der Waals surface area contributed by atoms with Crippen LogP contribution < -0.4 is 10.6 Å². The van der Waals surface area contributed by atoms with Crippen LogP contribution in [0.5, 0.6) is 0 Å². The molecular weight excluding hydrogens is 430 g/mol. The highest BCUT2D eigenvalue weighted by Gasteiger charge is 2.25. The van der Waals surface area contributed by atoms with Crippen LogP contribution in [0.2, 0.25) is 5.02 Å². The van der Waals surface area contributed by atoms with Crippen molar-refractivity contribution in [1.82, 2.24) is 4.98 Å². The molecule has 7 heteroatoms. The maximum absolute atomic E-state index is 12.7. The van der Waals surface area contributed by atoms with Gasteiger partial charge in [0.1, 0.15) is 10.8 Å². The standard InChI is InChI=1S/C24H22ClN3O2S/c1-14-10-11-26-20(13-14)27-22(17-6-8-18(25)9-7-17)21-15(2)16(3)31-24(21)28-23(29)19-5-4-12-30-19/h4-13,22H,1-3H3,(H,26,27)(H,28,29)/t22-/m0/s1. The van der Waals surface area contributed by atoms with Crippen molar-refractivity contribution < 1.29 is 9.21 Å². The Morgan fingerprint density at radius 1 is 1.13 bits per heavy atom. The largest absolute Gasteiger partial charge is 0.459 e. The van der Waals surface area contributed by atoms with E-state index in [9.17, 15) is 4.79 Å². The molecule has 0 spiro atoms. The van der Waals surface area contributed by atoms with E-state index in [1.165, 1.54) is 6.26 Å². The van der Waals surface area contributed by atoms with Crippen molar-refractivity contribution in [2.24, 2.45) is 0 Å². The molecular formula is C24H22ClN3O2S. The summed E-state index contributed by atoms with van der Waals surface area (Å²) in [7, 11) is 0. The first-order valence-electron chi connectivity index (χ1n) is 9.82. The van der Waals surface area contributed by atoms with Gasteiger partial charge < -0.3 is 15.1 Å². The highest BCUT2D eigenvalue weighted by Crippen LogP contribution is 2.41. The first-order chi connectivity index (χ1) is 14.9. The van der Waals surface area contributed by atoms with Gasteiger partial charge >= 0.3 is 0 Å². The Balaban J connectivity index is 1.78. The number of aromatic nitrogens is 1. The van der Waals surface area contributed by atoms with Crippen LogP contribution in [0.1, 0.15) is 43.7 Å². The minimum Gasteiger partial charge on any atom is -0.459 e. The Labute approximate surface area is 190 Å². The van der Waals surface area contributed by atoms with Crippen LogP contribution in [-0.2, 0) is 0 Å². The topological polar surface area (TPSA) is 67.2 Å². The van der Waals surface area contributed by atoms with Crippen LogP contribution in [0.4, 0.5) is 10.8 Å². The van der Waals surface area contributed by atoms with E-state index in [4.69, 9.17) is 16.0 Å². The maximum Gasteiger partial charge on any atom is 0.291 e. The fourth-order valence-corrected chi connectivity index (χ4v) is 4.62. The molecule has 0 aliphatic heterocycles. The lowest BCUT2D eigenvalue weighted by Crippen LogP contribution is -2.17.